The zero-order chi connectivity index (χ0) is 18.6. The van der Waals surface area contributed by atoms with Crippen LogP contribution in [0.5, 0.6) is 5.75 Å². The molecule has 2 aromatic rings. The number of nitrogens with one attached hydrogen (secondary N) is 1. The summed E-state index contributed by atoms with van der Waals surface area (Å²) < 4.78 is 38.8. The number of aromatic hydroxyl groups is 1. The quantitative estimate of drug-likeness (QED) is 0.376. The van der Waals surface area contributed by atoms with Crippen molar-refractivity contribution in [2.45, 2.75) is 6.18 Å². The van der Waals surface area contributed by atoms with Crippen molar-refractivity contribution in [2.24, 2.45) is 5.73 Å². The van der Waals surface area contributed by atoms with Crippen LogP contribution in [0.1, 0.15) is 16.7 Å². The second-order valence-electron chi connectivity index (χ2n) is 5.19. The number of rotatable bonds is 5. The van der Waals surface area contributed by atoms with E-state index in [1.54, 1.807) is 0 Å². The summed E-state index contributed by atoms with van der Waals surface area (Å²) in [6.45, 7) is -0.239. The van der Waals surface area contributed by atoms with E-state index in [0.717, 1.165) is 12.1 Å². The fourth-order valence-corrected chi connectivity index (χ4v) is 2.17. The number of anilines is 1. The molecule has 0 bridgehead atoms. The summed E-state index contributed by atoms with van der Waals surface area (Å²) in [6, 6.07) is 8.94. The molecule has 0 spiro atoms. The van der Waals surface area contributed by atoms with Gasteiger partial charge in [0.1, 0.15) is 11.6 Å². The molecule has 0 aromatic heterocycles. The van der Waals surface area contributed by atoms with E-state index in [-0.39, 0.29) is 23.8 Å². The molecule has 0 atom stereocenters. The maximum absolute atomic E-state index is 12.9. The van der Waals surface area contributed by atoms with Crippen LogP contribution < -0.4 is 10.8 Å². The van der Waals surface area contributed by atoms with Gasteiger partial charge < -0.3 is 10.8 Å². The van der Waals surface area contributed by atoms with Crippen LogP contribution in [0.15, 0.2) is 48.5 Å². The molecule has 132 valence electrons. The maximum Gasteiger partial charge on any atom is 0.418 e. The molecule has 8 heteroatoms. The molecule has 5 nitrogen and oxygen atoms in total. The van der Waals surface area contributed by atoms with Gasteiger partial charge in [-0.3, -0.25) is 15.7 Å². The van der Waals surface area contributed by atoms with E-state index < -0.39 is 11.7 Å². The van der Waals surface area contributed by atoms with Crippen LogP contribution in [-0.2, 0) is 6.18 Å². The van der Waals surface area contributed by atoms with Crippen LogP contribution in [0, 0.1) is 5.41 Å². The average molecular weight is 351 g/mol. The predicted molar refractivity (Wildman–Crippen MR) is 88.7 cm³/mol. The summed E-state index contributed by atoms with van der Waals surface area (Å²) >= 11 is 0. The topological polar surface area (TPSA) is 93.6 Å². The molecule has 2 aromatic carbocycles. The number of hydrogen-bond acceptors (Lipinski definition) is 4. The lowest BCUT2D eigenvalue weighted by molar-refractivity contribution is -0.137. The summed E-state index contributed by atoms with van der Waals surface area (Å²) in [6.07, 6.45) is -1.79. The Bertz CT molecular complexity index is 804. The Morgan fingerprint density at radius 3 is 2.52 bits per heavy atom. The van der Waals surface area contributed by atoms with Crippen molar-refractivity contribution in [2.75, 3.05) is 11.6 Å². The van der Waals surface area contributed by atoms with E-state index in [9.17, 15) is 23.5 Å². The zero-order valence-corrected chi connectivity index (χ0v) is 13.0. The first kappa shape index (κ1) is 18.3. The van der Waals surface area contributed by atoms with Crippen molar-refractivity contribution < 1.29 is 23.5 Å². The number of alkyl halides is 3. The number of nitrogens with two attached hydrogens (primary N) is 1. The van der Waals surface area contributed by atoms with Gasteiger partial charge in [0.2, 0.25) is 0 Å². The fraction of sp³-hybridized carbons (Fsp3) is 0.118. The van der Waals surface area contributed by atoms with E-state index in [2.05, 4.69) is 0 Å². The van der Waals surface area contributed by atoms with Crippen molar-refractivity contribution in [1.29, 1.82) is 5.41 Å². The van der Waals surface area contributed by atoms with Crippen LogP contribution in [0.4, 0.5) is 18.9 Å². The number of hydrogen-bond donors (Lipinski definition) is 4. The molecule has 0 heterocycles. The Hall–Kier alpha value is -3.00. The highest BCUT2D eigenvalue weighted by Gasteiger charge is 2.34. The fourth-order valence-electron chi connectivity index (χ4n) is 2.17. The minimum atomic E-state index is -4.59. The van der Waals surface area contributed by atoms with Gasteiger partial charge in [0.05, 0.1) is 17.8 Å². The molecule has 0 amide bonds. The predicted octanol–water partition coefficient (Wildman–Crippen LogP) is 3.60. The lowest BCUT2D eigenvalue weighted by Crippen LogP contribution is -2.22. The van der Waals surface area contributed by atoms with Gasteiger partial charge in [-0.05, 0) is 30.3 Å². The van der Waals surface area contributed by atoms with Crippen LogP contribution in [0.25, 0.3) is 6.08 Å². The molecule has 2 rings (SSSR count). The third kappa shape index (κ3) is 4.51. The highest BCUT2D eigenvalue weighted by Crippen LogP contribution is 2.35. The molecule has 0 unspecified atom stereocenters. The first-order chi connectivity index (χ1) is 11.7. The number of hydroxylamine groups is 1. The van der Waals surface area contributed by atoms with Crippen LogP contribution >= 0.6 is 0 Å². The molecule has 5 N–H and O–H groups in total. The van der Waals surface area contributed by atoms with E-state index >= 15 is 0 Å². The van der Waals surface area contributed by atoms with Crippen molar-refractivity contribution in [3.8, 4) is 5.75 Å². The van der Waals surface area contributed by atoms with Gasteiger partial charge in [-0.1, -0.05) is 24.3 Å². The third-order valence-electron chi connectivity index (χ3n) is 3.40. The number of phenols is 1. The molecular formula is C17H16F3N3O2. The minimum Gasteiger partial charge on any atom is -0.507 e. The normalized spacial score (nSPS) is 11.7. The number of halogens is 3. The Balaban J connectivity index is 2.18. The molecule has 0 aliphatic heterocycles. The number of nitrogen functional groups attached to an aromatic ring is 1. The summed E-state index contributed by atoms with van der Waals surface area (Å²) in [4.78, 5) is 0. The Morgan fingerprint density at radius 1 is 1.20 bits per heavy atom. The lowest BCUT2D eigenvalue weighted by Gasteiger charge is -2.20. The number of nitrogens with zero attached hydrogens (tertiary/aromatic N) is 1. The van der Waals surface area contributed by atoms with E-state index in [4.69, 9.17) is 11.1 Å². The zero-order valence-electron chi connectivity index (χ0n) is 13.0. The monoisotopic (exact) mass is 351 g/mol. The maximum atomic E-state index is 12.9. The molecule has 0 aliphatic carbocycles. The van der Waals surface area contributed by atoms with Crippen molar-refractivity contribution in [1.82, 2.24) is 0 Å². The molecule has 0 radical (unpaired) electrons. The molecule has 0 aliphatic rings. The second kappa shape index (κ2) is 7.27. The molecule has 0 saturated heterocycles. The summed E-state index contributed by atoms with van der Waals surface area (Å²) in [5.41, 5.74) is 4.75. The number of para-hydroxylation sites is 1. The molecular weight excluding hydrogens is 335 g/mol. The first-order valence-electron chi connectivity index (χ1n) is 7.16. The van der Waals surface area contributed by atoms with Crippen molar-refractivity contribution in [3.05, 3.63) is 65.2 Å². The number of amidine groups is 1. The first-order valence-corrected chi connectivity index (χ1v) is 7.16. The van der Waals surface area contributed by atoms with E-state index in [0.29, 0.717) is 16.2 Å². The van der Waals surface area contributed by atoms with Gasteiger partial charge in [-0.2, -0.15) is 13.2 Å². The van der Waals surface area contributed by atoms with Gasteiger partial charge in [0.15, 0.2) is 0 Å². The highest BCUT2D eigenvalue weighted by atomic mass is 19.4. The molecule has 25 heavy (non-hydrogen) atoms. The smallest absolute Gasteiger partial charge is 0.418 e. The molecule has 0 saturated carbocycles. The van der Waals surface area contributed by atoms with E-state index in [1.807, 2.05) is 0 Å². The Labute approximate surface area is 141 Å². The highest BCUT2D eigenvalue weighted by molar-refractivity contribution is 5.95. The van der Waals surface area contributed by atoms with Gasteiger partial charge in [-0.15, -0.1) is 0 Å². The minimum absolute atomic E-state index is 0.0820. The van der Waals surface area contributed by atoms with Gasteiger partial charge in [0, 0.05) is 11.1 Å². The third-order valence-corrected chi connectivity index (χ3v) is 3.40. The average Bonchev–Trinajstić information content (AvgIpc) is 2.55. The lowest BCUT2D eigenvalue weighted by atomic mass is 10.1. The summed E-state index contributed by atoms with van der Waals surface area (Å²) in [5.74, 6) is -0.265. The van der Waals surface area contributed by atoms with Crippen LogP contribution in [0.2, 0.25) is 0 Å². The summed E-state index contributed by atoms with van der Waals surface area (Å²) in [7, 11) is 0. The van der Waals surface area contributed by atoms with Crippen molar-refractivity contribution >= 4 is 17.6 Å². The van der Waals surface area contributed by atoms with Crippen molar-refractivity contribution in [3.63, 3.8) is 0 Å². The second-order valence-corrected chi connectivity index (χ2v) is 5.19. The Morgan fingerprint density at radius 2 is 1.88 bits per heavy atom. The van der Waals surface area contributed by atoms with Crippen LogP contribution in [-0.4, -0.2) is 22.7 Å². The largest absolute Gasteiger partial charge is 0.507 e. The summed E-state index contributed by atoms with van der Waals surface area (Å²) in [5, 5.41) is 27.5. The van der Waals surface area contributed by atoms with Gasteiger partial charge in [-0.25, -0.2) is 0 Å². The SMILES string of the molecule is N=C(N)c1ccc(O)c(/C=C/CN(O)c2ccccc2C(F)(F)F)c1. The number of benzene rings is 2. The Kier molecular flexibility index (Phi) is 5.33. The standard InChI is InChI=1S/C17H16F3N3O2/c18-17(19,20)13-5-1-2-6-14(13)23(25)9-3-4-11-10-12(16(21)22)7-8-15(11)24/h1-8,10,24-25H,9H2,(H3,21,22)/b4-3+. The number of phenolic OH excluding ortho intramolecular Hbond substituents is 1. The van der Waals surface area contributed by atoms with E-state index in [1.165, 1.54) is 42.5 Å². The van der Waals surface area contributed by atoms with Crippen LogP contribution in [0.3, 0.4) is 0 Å². The molecule has 0 fully saturated rings. The van der Waals surface area contributed by atoms with Gasteiger partial charge >= 0.3 is 6.18 Å². The van der Waals surface area contributed by atoms with Gasteiger partial charge in [0.25, 0.3) is 0 Å².